The molecule has 0 aliphatic carbocycles. The number of hydrogen-bond acceptors (Lipinski definition) is 4. The van der Waals surface area contributed by atoms with E-state index in [0.717, 1.165) is 5.56 Å². The van der Waals surface area contributed by atoms with Crippen LogP contribution in [0.1, 0.15) is 5.56 Å². The van der Waals surface area contributed by atoms with E-state index in [1.807, 2.05) is 30.3 Å². The molecule has 0 saturated carbocycles. The molecular weight excluding hydrogens is 341 g/mol. The first-order valence-corrected chi connectivity index (χ1v) is 8.04. The van der Waals surface area contributed by atoms with Crippen LogP contribution in [0.3, 0.4) is 0 Å². The topological polar surface area (TPSA) is 55.1 Å². The van der Waals surface area contributed by atoms with Crippen LogP contribution in [0.2, 0.25) is 5.02 Å². The summed E-state index contributed by atoms with van der Waals surface area (Å²) in [6.07, 6.45) is 0. The molecule has 2 aromatic heterocycles. The molecule has 0 bridgehead atoms. The lowest BCUT2D eigenvalue weighted by atomic mass is 10.2. The van der Waals surface area contributed by atoms with Gasteiger partial charge in [-0.3, -0.25) is 0 Å². The molecular formula is C18H13ClFN5. The fraction of sp³-hybridized carbons (Fsp3) is 0.0556. The van der Waals surface area contributed by atoms with Crippen LogP contribution < -0.4 is 5.32 Å². The zero-order chi connectivity index (χ0) is 17.2. The van der Waals surface area contributed by atoms with Crippen molar-refractivity contribution in [2.24, 2.45) is 0 Å². The number of fused-ring (bicyclic) bond motifs is 1. The third-order valence-electron chi connectivity index (χ3n) is 3.76. The molecule has 0 unspecified atom stereocenters. The molecule has 4 rings (SSSR count). The van der Waals surface area contributed by atoms with E-state index in [1.54, 1.807) is 24.3 Å². The Morgan fingerprint density at radius 3 is 2.56 bits per heavy atom. The van der Waals surface area contributed by atoms with E-state index in [1.165, 1.54) is 10.6 Å². The molecule has 7 heteroatoms. The monoisotopic (exact) mass is 353 g/mol. The van der Waals surface area contributed by atoms with E-state index in [0.29, 0.717) is 34.4 Å². The normalized spacial score (nSPS) is 11.0. The molecule has 25 heavy (non-hydrogen) atoms. The number of hydrogen-bond donors (Lipinski definition) is 1. The highest BCUT2D eigenvalue weighted by Gasteiger charge is 2.13. The molecule has 0 saturated heterocycles. The van der Waals surface area contributed by atoms with Crippen molar-refractivity contribution in [2.45, 2.75) is 6.54 Å². The van der Waals surface area contributed by atoms with Gasteiger partial charge in [0, 0.05) is 11.6 Å². The van der Waals surface area contributed by atoms with Crippen molar-refractivity contribution >= 4 is 23.1 Å². The number of aromatic nitrogens is 4. The Morgan fingerprint density at radius 2 is 1.76 bits per heavy atom. The third-order valence-corrected chi connectivity index (χ3v) is 4.02. The minimum Gasteiger partial charge on any atom is -0.365 e. The van der Waals surface area contributed by atoms with Gasteiger partial charge in [-0.1, -0.05) is 35.9 Å². The molecule has 0 radical (unpaired) electrons. The number of anilines is 1. The predicted octanol–water partition coefficient (Wildman–Crippen LogP) is 4.20. The van der Waals surface area contributed by atoms with Gasteiger partial charge in [-0.15, -0.1) is 15.3 Å². The van der Waals surface area contributed by atoms with E-state index >= 15 is 0 Å². The summed E-state index contributed by atoms with van der Waals surface area (Å²) in [6, 6.07) is 17.6. The number of halogens is 2. The van der Waals surface area contributed by atoms with Crippen molar-refractivity contribution in [1.29, 1.82) is 0 Å². The molecule has 5 nitrogen and oxygen atoms in total. The summed E-state index contributed by atoms with van der Waals surface area (Å²) in [6.45, 7) is 0.590. The number of rotatable bonds is 4. The number of nitrogens with zero attached hydrogens (tertiary/aromatic N) is 4. The van der Waals surface area contributed by atoms with Crippen LogP contribution >= 0.6 is 11.6 Å². The zero-order valence-electron chi connectivity index (χ0n) is 13.0. The van der Waals surface area contributed by atoms with Crippen molar-refractivity contribution in [3.63, 3.8) is 0 Å². The SMILES string of the molecule is Fc1ccccc1-c1nnc2ccc(NCc3ccc(Cl)cc3)nn12. The molecule has 2 aromatic carbocycles. The van der Waals surface area contributed by atoms with Gasteiger partial charge in [0.05, 0.1) is 5.56 Å². The zero-order valence-corrected chi connectivity index (χ0v) is 13.8. The highest BCUT2D eigenvalue weighted by Crippen LogP contribution is 2.21. The van der Waals surface area contributed by atoms with Crippen LogP contribution in [0, 0.1) is 5.82 Å². The molecule has 124 valence electrons. The van der Waals surface area contributed by atoms with Crippen molar-refractivity contribution in [3.8, 4) is 11.4 Å². The maximum atomic E-state index is 14.0. The second-order valence-electron chi connectivity index (χ2n) is 5.47. The Morgan fingerprint density at radius 1 is 0.960 bits per heavy atom. The van der Waals surface area contributed by atoms with Crippen molar-refractivity contribution in [3.05, 3.63) is 77.1 Å². The van der Waals surface area contributed by atoms with Gasteiger partial charge in [0.25, 0.3) is 0 Å². The van der Waals surface area contributed by atoms with Crippen LogP contribution in [0.5, 0.6) is 0 Å². The van der Waals surface area contributed by atoms with Crippen LogP contribution in [0.25, 0.3) is 17.0 Å². The average Bonchev–Trinajstić information content (AvgIpc) is 3.05. The van der Waals surface area contributed by atoms with Crippen molar-refractivity contribution in [1.82, 2.24) is 19.8 Å². The molecule has 0 atom stereocenters. The van der Waals surface area contributed by atoms with Crippen LogP contribution in [-0.4, -0.2) is 19.8 Å². The molecule has 0 fully saturated rings. The lowest BCUT2D eigenvalue weighted by Crippen LogP contribution is -2.05. The first-order valence-electron chi connectivity index (χ1n) is 7.66. The number of nitrogens with one attached hydrogen (secondary N) is 1. The van der Waals surface area contributed by atoms with Gasteiger partial charge in [0.15, 0.2) is 11.5 Å². The molecule has 0 spiro atoms. The smallest absolute Gasteiger partial charge is 0.188 e. The maximum absolute atomic E-state index is 14.0. The quantitative estimate of drug-likeness (QED) is 0.597. The van der Waals surface area contributed by atoms with E-state index in [4.69, 9.17) is 11.6 Å². The molecule has 0 amide bonds. The van der Waals surface area contributed by atoms with E-state index in [9.17, 15) is 4.39 Å². The molecule has 4 aromatic rings. The fourth-order valence-electron chi connectivity index (χ4n) is 2.49. The van der Waals surface area contributed by atoms with Gasteiger partial charge < -0.3 is 5.32 Å². The lowest BCUT2D eigenvalue weighted by Gasteiger charge is -2.07. The summed E-state index contributed by atoms with van der Waals surface area (Å²) < 4.78 is 15.6. The second kappa shape index (κ2) is 6.49. The van der Waals surface area contributed by atoms with Gasteiger partial charge in [-0.25, -0.2) is 4.39 Å². The highest BCUT2D eigenvalue weighted by atomic mass is 35.5. The molecule has 0 aliphatic rings. The Bertz CT molecular complexity index is 1030. The summed E-state index contributed by atoms with van der Waals surface area (Å²) >= 11 is 5.89. The van der Waals surface area contributed by atoms with Crippen molar-refractivity contribution < 1.29 is 4.39 Å². The van der Waals surface area contributed by atoms with Crippen LogP contribution in [0.15, 0.2) is 60.7 Å². The fourth-order valence-corrected chi connectivity index (χ4v) is 2.61. The molecule has 2 heterocycles. The molecule has 1 N–H and O–H groups in total. The largest absolute Gasteiger partial charge is 0.365 e. The summed E-state index contributed by atoms with van der Waals surface area (Å²) in [5, 5.41) is 16.5. The van der Waals surface area contributed by atoms with Crippen LogP contribution in [0.4, 0.5) is 10.2 Å². The van der Waals surface area contributed by atoms with E-state index < -0.39 is 0 Å². The minimum absolute atomic E-state index is 0.359. The van der Waals surface area contributed by atoms with E-state index in [2.05, 4.69) is 20.6 Å². The van der Waals surface area contributed by atoms with Crippen molar-refractivity contribution in [2.75, 3.05) is 5.32 Å². The van der Waals surface area contributed by atoms with Gasteiger partial charge in [-0.05, 0) is 42.0 Å². The standard InChI is InChI=1S/C18H13ClFN5/c19-13-7-5-12(6-8-13)11-21-16-9-10-17-22-23-18(25(17)24-16)14-3-1-2-4-15(14)20/h1-10H,11H2,(H,21,24). The van der Waals surface area contributed by atoms with E-state index in [-0.39, 0.29) is 5.82 Å². The Balaban J connectivity index is 1.64. The van der Waals surface area contributed by atoms with Gasteiger partial charge in [0.1, 0.15) is 11.6 Å². The maximum Gasteiger partial charge on any atom is 0.188 e. The summed E-state index contributed by atoms with van der Waals surface area (Å²) in [5.74, 6) is 0.640. The van der Waals surface area contributed by atoms with Gasteiger partial charge >= 0.3 is 0 Å². The number of benzene rings is 2. The summed E-state index contributed by atoms with van der Waals surface area (Å²) in [5.41, 5.74) is 1.98. The van der Waals surface area contributed by atoms with Crippen LogP contribution in [-0.2, 0) is 6.54 Å². The first kappa shape index (κ1) is 15.5. The highest BCUT2D eigenvalue weighted by molar-refractivity contribution is 6.30. The van der Waals surface area contributed by atoms with Gasteiger partial charge in [-0.2, -0.15) is 4.52 Å². The first-order chi connectivity index (χ1) is 12.2. The summed E-state index contributed by atoms with van der Waals surface area (Å²) in [7, 11) is 0. The minimum atomic E-state index is -0.363. The lowest BCUT2D eigenvalue weighted by molar-refractivity contribution is 0.629. The summed E-state index contributed by atoms with van der Waals surface area (Å²) in [4.78, 5) is 0. The third kappa shape index (κ3) is 3.16. The van der Waals surface area contributed by atoms with Gasteiger partial charge in [0.2, 0.25) is 0 Å². The Hall–Kier alpha value is -2.99. The second-order valence-corrected chi connectivity index (χ2v) is 5.91. The Kier molecular flexibility index (Phi) is 4.03. The average molecular weight is 354 g/mol. The molecule has 0 aliphatic heterocycles. The Labute approximate surface area is 148 Å². The predicted molar refractivity (Wildman–Crippen MR) is 95.0 cm³/mol.